The molecule has 0 heterocycles. The first-order chi connectivity index (χ1) is 22.0. The van der Waals surface area contributed by atoms with Gasteiger partial charge in [0, 0.05) is 24.0 Å². The monoisotopic (exact) mass is 703 g/mol. The lowest BCUT2D eigenvalue weighted by molar-refractivity contribution is -0.140. The number of rotatable bonds is 14. The van der Waals surface area contributed by atoms with Crippen molar-refractivity contribution in [1.82, 2.24) is 10.2 Å². The Morgan fingerprint density at radius 1 is 0.826 bits per heavy atom. The molecule has 1 atom stereocenters. The normalized spacial score (nSPS) is 11.9. The van der Waals surface area contributed by atoms with Gasteiger partial charge in [-0.25, -0.2) is 8.42 Å². The summed E-state index contributed by atoms with van der Waals surface area (Å²) >= 11 is 3.52. The number of nitrogens with one attached hydrogen (secondary N) is 1. The van der Waals surface area contributed by atoms with Crippen LogP contribution in [0, 0.1) is 20.8 Å². The molecule has 1 N–H and O–H groups in total. The molecule has 4 aromatic rings. The first-order valence-corrected chi connectivity index (χ1v) is 17.7. The van der Waals surface area contributed by atoms with Crippen molar-refractivity contribution in [3.63, 3.8) is 0 Å². The third-order valence-corrected chi connectivity index (χ3v) is 10.3. The second-order valence-electron chi connectivity index (χ2n) is 11.6. The van der Waals surface area contributed by atoms with Gasteiger partial charge in [0.1, 0.15) is 12.6 Å². The first kappa shape index (κ1) is 34.9. The van der Waals surface area contributed by atoms with E-state index in [2.05, 4.69) is 21.2 Å². The molecule has 4 rings (SSSR count). The Kier molecular flexibility index (Phi) is 12.2. The molecule has 0 aliphatic heterocycles. The summed E-state index contributed by atoms with van der Waals surface area (Å²) in [6.45, 7) is 7.91. The molecule has 9 heteroatoms. The zero-order chi connectivity index (χ0) is 33.3. The highest BCUT2D eigenvalue weighted by atomic mass is 79.9. The number of sulfonamides is 1. The molecule has 4 aromatic carbocycles. The van der Waals surface area contributed by atoms with Crippen LogP contribution < -0.4 is 9.62 Å². The van der Waals surface area contributed by atoms with E-state index in [9.17, 15) is 18.0 Å². The predicted octanol–water partition coefficient (Wildman–Crippen LogP) is 7.13. The van der Waals surface area contributed by atoms with Crippen molar-refractivity contribution in [2.75, 3.05) is 17.4 Å². The molecule has 0 fully saturated rings. The molecule has 242 valence electrons. The van der Waals surface area contributed by atoms with Crippen LogP contribution >= 0.6 is 15.9 Å². The van der Waals surface area contributed by atoms with E-state index in [-0.39, 0.29) is 23.8 Å². The third kappa shape index (κ3) is 9.07. The summed E-state index contributed by atoms with van der Waals surface area (Å²) in [5.74, 6) is -0.764. The molecule has 0 saturated heterocycles. The minimum Gasteiger partial charge on any atom is -0.354 e. The van der Waals surface area contributed by atoms with Crippen LogP contribution in [0.1, 0.15) is 47.6 Å². The summed E-state index contributed by atoms with van der Waals surface area (Å²) in [7, 11) is -4.15. The zero-order valence-electron chi connectivity index (χ0n) is 26.9. The van der Waals surface area contributed by atoms with E-state index in [1.807, 2.05) is 88.4 Å². The SMILES string of the molecule is CCCCNC(=O)[C@H](Cc1ccccc1)N(Cc1cccc(Br)c1)C(=O)CN(c1ccc(C)c(C)c1)S(=O)(=O)c1ccc(C)cc1. The maximum atomic E-state index is 14.6. The number of nitrogens with zero attached hydrogens (tertiary/aromatic N) is 2. The maximum Gasteiger partial charge on any atom is 0.264 e. The Balaban J connectivity index is 1.81. The summed E-state index contributed by atoms with van der Waals surface area (Å²) in [5.41, 5.74) is 4.91. The predicted molar refractivity (Wildman–Crippen MR) is 188 cm³/mol. The largest absolute Gasteiger partial charge is 0.354 e. The molecule has 0 radical (unpaired) electrons. The highest BCUT2D eigenvalue weighted by molar-refractivity contribution is 9.10. The number of carbonyl (C=O) groups is 2. The van der Waals surface area contributed by atoms with Crippen molar-refractivity contribution in [3.05, 3.63) is 129 Å². The van der Waals surface area contributed by atoms with Gasteiger partial charge < -0.3 is 10.2 Å². The van der Waals surface area contributed by atoms with Gasteiger partial charge in [-0.3, -0.25) is 13.9 Å². The summed E-state index contributed by atoms with van der Waals surface area (Å²) < 4.78 is 30.5. The van der Waals surface area contributed by atoms with Crippen LogP contribution in [0.5, 0.6) is 0 Å². The Morgan fingerprint density at radius 2 is 1.52 bits per heavy atom. The van der Waals surface area contributed by atoms with Crippen LogP contribution in [0.25, 0.3) is 0 Å². The average Bonchev–Trinajstić information content (AvgIpc) is 3.03. The van der Waals surface area contributed by atoms with Gasteiger partial charge in [-0.05, 0) is 85.8 Å². The number of hydrogen-bond donors (Lipinski definition) is 1. The Labute approximate surface area is 281 Å². The van der Waals surface area contributed by atoms with E-state index in [1.165, 1.54) is 4.90 Å². The van der Waals surface area contributed by atoms with Crippen LogP contribution in [0.4, 0.5) is 5.69 Å². The van der Waals surface area contributed by atoms with Crippen molar-refractivity contribution in [3.8, 4) is 0 Å². The molecular weight excluding hydrogens is 662 g/mol. The molecule has 46 heavy (non-hydrogen) atoms. The van der Waals surface area contributed by atoms with Gasteiger partial charge >= 0.3 is 0 Å². The van der Waals surface area contributed by atoms with Crippen molar-refractivity contribution in [2.45, 2.75) is 64.4 Å². The number of aryl methyl sites for hydroxylation is 3. The Bertz CT molecular complexity index is 1740. The Hall–Kier alpha value is -3.95. The first-order valence-electron chi connectivity index (χ1n) is 15.5. The van der Waals surface area contributed by atoms with Crippen LogP contribution in [-0.4, -0.2) is 44.3 Å². The van der Waals surface area contributed by atoms with E-state index >= 15 is 0 Å². The number of amides is 2. The van der Waals surface area contributed by atoms with Crippen molar-refractivity contribution < 1.29 is 18.0 Å². The van der Waals surface area contributed by atoms with Gasteiger partial charge in [0.25, 0.3) is 10.0 Å². The smallest absolute Gasteiger partial charge is 0.264 e. The van der Waals surface area contributed by atoms with Crippen LogP contribution in [0.15, 0.2) is 106 Å². The van der Waals surface area contributed by atoms with Crippen molar-refractivity contribution >= 4 is 43.5 Å². The topological polar surface area (TPSA) is 86.8 Å². The lowest BCUT2D eigenvalue weighted by Gasteiger charge is -2.34. The van der Waals surface area contributed by atoms with E-state index in [0.29, 0.717) is 12.2 Å². The second kappa shape index (κ2) is 16.1. The van der Waals surface area contributed by atoms with Crippen LogP contribution in [-0.2, 0) is 32.6 Å². The maximum absolute atomic E-state index is 14.6. The van der Waals surface area contributed by atoms with Gasteiger partial charge in [-0.2, -0.15) is 0 Å². The molecule has 0 saturated carbocycles. The molecule has 0 spiro atoms. The fourth-order valence-electron chi connectivity index (χ4n) is 5.14. The minimum atomic E-state index is -4.15. The van der Waals surface area contributed by atoms with Crippen LogP contribution in [0.2, 0.25) is 0 Å². The second-order valence-corrected chi connectivity index (χ2v) is 14.4. The van der Waals surface area contributed by atoms with Gasteiger partial charge in [0.15, 0.2) is 0 Å². The van der Waals surface area contributed by atoms with E-state index in [4.69, 9.17) is 0 Å². The lowest BCUT2D eigenvalue weighted by Crippen LogP contribution is -2.53. The molecule has 0 bridgehead atoms. The van der Waals surface area contributed by atoms with E-state index < -0.39 is 28.5 Å². The van der Waals surface area contributed by atoms with Gasteiger partial charge in [0.2, 0.25) is 11.8 Å². The summed E-state index contributed by atoms with van der Waals surface area (Å²) in [5, 5.41) is 3.02. The highest BCUT2D eigenvalue weighted by Crippen LogP contribution is 2.27. The minimum absolute atomic E-state index is 0.0841. The third-order valence-electron chi connectivity index (χ3n) is 8.01. The van der Waals surface area contributed by atoms with E-state index in [0.717, 1.165) is 49.4 Å². The summed E-state index contributed by atoms with van der Waals surface area (Å²) in [4.78, 5) is 30.1. The standard InChI is InChI=1S/C37H42BrN3O4S/c1-5-6-21-39-37(43)35(24-30-11-8-7-9-12-30)40(25-31-13-10-14-32(38)23-31)36(42)26-41(33-18-17-28(3)29(4)22-33)46(44,45)34-19-15-27(2)16-20-34/h7-20,22-23,35H,5-6,21,24-26H2,1-4H3,(H,39,43)/t35-/m0/s1. The molecular formula is C37H42BrN3O4S. The van der Waals surface area contributed by atoms with Crippen molar-refractivity contribution in [2.24, 2.45) is 0 Å². The number of anilines is 1. The van der Waals surface area contributed by atoms with Gasteiger partial charge in [-0.1, -0.05) is 95.5 Å². The molecule has 0 unspecified atom stereocenters. The average molecular weight is 705 g/mol. The number of benzene rings is 4. The van der Waals surface area contributed by atoms with Gasteiger partial charge in [-0.15, -0.1) is 0 Å². The fraction of sp³-hybridized carbons (Fsp3) is 0.297. The lowest BCUT2D eigenvalue weighted by atomic mass is 10.0. The molecule has 0 aliphatic carbocycles. The summed E-state index contributed by atoms with van der Waals surface area (Å²) in [6.07, 6.45) is 1.98. The zero-order valence-corrected chi connectivity index (χ0v) is 29.3. The number of carbonyl (C=O) groups excluding carboxylic acids is 2. The highest BCUT2D eigenvalue weighted by Gasteiger charge is 2.34. The van der Waals surface area contributed by atoms with Gasteiger partial charge in [0.05, 0.1) is 10.6 Å². The summed E-state index contributed by atoms with van der Waals surface area (Å²) in [6, 6.07) is 28.2. The quantitative estimate of drug-likeness (QED) is 0.142. The van der Waals surface area contributed by atoms with Crippen molar-refractivity contribution in [1.29, 1.82) is 0 Å². The Morgan fingerprint density at radius 3 is 2.17 bits per heavy atom. The van der Waals surface area contributed by atoms with Crippen LogP contribution in [0.3, 0.4) is 0 Å². The number of hydrogen-bond acceptors (Lipinski definition) is 4. The number of unbranched alkanes of at least 4 members (excludes halogenated alkanes) is 1. The fourth-order valence-corrected chi connectivity index (χ4v) is 6.99. The molecule has 0 aliphatic rings. The van der Waals surface area contributed by atoms with E-state index in [1.54, 1.807) is 36.4 Å². The molecule has 7 nitrogen and oxygen atoms in total. The molecule has 0 aromatic heterocycles. The molecule has 2 amide bonds. The number of halogens is 1.